The van der Waals surface area contributed by atoms with Crippen molar-refractivity contribution in [1.29, 1.82) is 0 Å². The second kappa shape index (κ2) is 4.90. The van der Waals surface area contributed by atoms with Crippen molar-refractivity contribution in [2.45, 2.75) is 32.4 Å². The fourth-order valence-electron chi connectivity index (χ4n) is 3.83. The first kappa shape index (κ1) is 15.3. The third kappa shape index (κ3) is 1.78. The van der Waals surface area contributed by atoms with Crippen LogP contribution >= 0.6 is 11.3 Å². The molecule has 3 atom stereocenters. The highest BCUT2D eigenvalue weighted by Crippen LogP contribution is 2.46. The Morgan fingerprint density at radius 1 is 1.50 bits per heavy atom. The van der Waals surface area contributed by atoms with Crippen molar-refractivity contribution in [3.63, 3.8) is 0 Å². The lowest BCUT2D eigenvalue weighted by Gasteiger charge is -2.44. The number of thiazole rings is 1. The molecule has 8 heteroatoms. The normalized spacial score (nSPS) is 24.5. The van der Waals surface area contributed by atoms with Gasteiger partial charge >= 0.3 is 5.97 Å². The van der Waals surface area contributed by atoms with Crippen LogP contribution in [0.25, 0.3) is 10.4 Å². The van der Waals surface area contributed by atoms with Crippen LogP contribution in [0.4, 0.5) is 0 Å². The second-order valence-corrected chi connectivity index (χ2v) is 7.34. The third-order valence-corrected chi connectivity index (χ3v) is 6.18. The van der Waals surface area contributed by atoms with Crippen LogP contribution in [0.3, 0.4) is 0 Å². The lowest BCUT2D eigenvalue weighted by Crippen LogP contribution is -2.61. The van der Waals surface area contributed by atoms with E-state index in [1.54, 1.807) is 18.3 Å². The molecule has 2 aromatic rings. The highest BCUT2D eigenvalue weighted by atomic mass is 32.1. The van der Waals surface area contributed by atoms with Gasteiger partial charge in [-0.25, -0.2) is 9.36 Å². The van der Waals surface area contributed by atoms with Crippen LogP contribution in [0.15, 0.2) is 17.4 Å². The van der Waals surface area contributed by atoms with Crippen molar-refractivity contribution in [3.05, 3.63) is 28.8 Å². The molecule has 1 amide bonds. The monoisotopic (exact) mass is 348 g/mol. The Balaban J connectivity index is 1.86. The van der Waals surface area contributed by atoms with Crippen molar-refractivity contribution in [1.82, 2.24) is 9.47 Å². The van der Waals surface area contributed by atoms with Gasteiger partial charge in [0.05, 0.1) is 25.1 Å². The predicted octanol–water partition coefficient (Wildman–Crippen LogP) is 0.541. The van der Waals surface area contributed by atoms with Gasteiger partial charge in [0, 0.05) is 24.3 Å². The summed E-state index contributed by atoms with van der Waals surface area (Å²) in [4.78, 5) is 26.5. The maximum absolute atomic E-state index is 12.3. The topological polar surface area (TPSA) is 86.9 Å². The fraction of sp³-hybridized carbons (Fsp3) is 0.438. The molecule has 1 fully saturated rings. The van der Waals surface area contributed by atoms with E-state index in [1.165, 1.54) is 4.90 Å². The van der Waals surface area contributed by atoms with Crippen LogP contribution in [-0.2, 0) is 16.6 Å². The van der Waals surface area contributed by atoms with Gasteiger partial charge in [-0.15, -0.1) is 0 Å². The molecule has 4 heterocycles. The van der Waals surface area contributed by atoms with E-state index in [0.717, 1.165) is 16.2 Å². The molecule has 24 heavy (non-hydrogen) atoms. The molecule has 2 aromatic heterocycles. The molecule has 1 saturated heterocycles. The second-order valence-electron chi connectivity index (χ2n) is 6.49. The average molecular weight is 348 g/mol. The number of carboxylic acids is 1. The molecule has 4 rings (SSSR count). The number of carboxylic acid groups (broad SMARTS) is 1. The van der Waals surface area contributed by atoms with Crippen molar-refractivity contribution in [2.24, 2.45) is 13.0 Å². The first-order valence-corrected chi connectivity index (χ1v) is 8.63. The fourth-order valence-corrected chi connectivity index (χ4v) is 4.89. The predicted molar refractivity (Wildman–Crippen MR) is 86.2 cm³/mol. The van der Waals surface area contributed by atoms with E-state index in [-0.39, 0.29) is 17.6 Å². The molecule has 0 unspecified atom stereocenters. The number of amides is 1. The number of imidazole rings is 1. The zero-order chi connectivity index (χ0) is 17.3. The number of fused-ring (bicyclic) bond motifs is 2. The molecule has 7 nitrogen and oxygen atoms in total. The Labute approximate surface area is 142 Å². The number of rotatable bonds is 3. The van der Waals surface area contributed by atoms with Crippen LogP contribution in [-0.4, -0.2) is 43.7 Å². The first-order chi connectivity index (χ1) is 11.3. The Morgan fingerprint density at radius 2 is 2.21 bits per heavy atom. The number of β-lactam (4-membered cyclic amide) rings is 1. The number of carbonyl (C=O) groups excluding carboxylic acids is 1. The van der Waals surface area contributed by atoms with Gasteiger partial charge < -0.3 is 15.1 Å². The lowest BCUT2D eigenvalue weighted by atomic mass is 9.83. The van der Waals surface area contributed by atoms with Crippen LogP contribution in [0.5, 0.6) is 0 Å². The summed E-state index contributed by atoms with van der Waals surface area (Å²) in [7, 11) is 1.94. The molecule has 0 saturated carbocycles. The summed E-state index contributed by atoms with van der Waals surface area (Å²) in [6, 6.07) is -0.265. The van der Waals surface area contributed by atoms with Crippen molar-refractivity contribution < 1.29 is 24.2 Å². The van der Waals surface area contributed by atoms with E-state index < -0.39 is 18.0 Å². The van der Waals surface area contributed by atoms with Gasteiger partial charge in [-0.1, -0.05) is 11.3 Å². The van der Waals surface area contributed by atoms with Crippen LogP contribution in [0.2, 0.25) is 0 Å². The van der Waals surface area contributed by atoms with Crippen LogP contribution in [0, 0.1) is 12.8 Å². The van der Waals surface area contributed by atoms with Crippen molar-refractivity contribution in [2.75, 3.05) is 0 Å². The Hall–Kier alpha value is -2.19. The average Bonchev–Trinajstić information content (AvgIpc) is 3.12. The Morgan fingerprint density at radius 3 is 2.83 bits per heavy atom. The van der Waals surface area contributed by atoms with E-state index in [9.17, 15) is 19.8 Å². The molecule has 2 N–H and O–H groups in total. The van der Waals surface area contributed by atoms with Gasteiger partial charge in [0.2, 0.25) is 17.1 Å². The number of aromatic nitrogens is 2. The number of aliphatic hydroxyl groups is 1. The van der Waals surface area contributed by atoms with E-state index >= 15 is 0 Å². The van der Waals surface area contributed by atoms with E-state index in [2.05, 4.69) is 0 Å². The van der Waals surface area contributed by atoms with Gasteiger partial charge in [0.1, 0.15) is 11.4 Å². The summed E-state index contributed by atoms with van der Waals surface area (Å²) >= 11 is 1.55. The summed E-state index contributed by atoms with van der Waals surface area (Å²) in [6.45, 7) is 3.59. The molecule has 0 radical (unpaired) electrons. The highest BCUT2D eigenvalue weighted by Gasteiger charge is 2.57. The molecule has 0 bridgehead atoms. The first-order valence-electron chi connectivity index (χ1n) is 7.75. The Bertz CT molecular complexity index is 923. The third-order valence-electron chi connectivity index (χ3n) is 5.13. The zero-order valence-electron chi connectivity index (χ0n) is 13.6. The summed E-state index contributed by atoms with van der Waals surface area (Å²) < 4.78 is 3.97. The van der Waals surface area contributed by atoms with Crippen LogP contribution < -0.4 is 4.40 Å². The smallest absolute Gasteiger partial charge is 0.353 e. The molecule has 2 aliphatic rings. The molecular weight excluding hydrogens is 330 g/mol. The minimum Gasteiger partial charge on any atom is -0.477 e. The summed E-state index contributed by atoms with van der Waals surface area (Å²) in [6.07, 6.45) is 1.60. The van der Waals surface area contributed by atoms with E-state index in [1.807, 2.05) is 34.6 Å². The van der Waals surface area contributed by atoms with Crippen molar-refractivity contribution >= 4 is 33.6 Å². The SMILES string of the molecule is Cc1c2scc(C3=C(C(=O)O)N4C(=O)[C@H]([C@@H](C)O)[C@H]4C3)[n+]2cn1C. The standard InChI is InChI=1S/C16H17N3O4S/c1-7-15-18(6-17(7)3)11(5-24-15)9-4-10-12(8(2)20)14(21)19(10)13(9)16(22)23/h5-6,8,10,12,20H,4H2,1-3H3/p+1/t8-,10-,12-/m1/s1. The number of aryl methyl sites for hydroxylation is 2. The number of hydrogen-bond donors (Lipinski definition) is 2. The quantitative estimate of drug-likeness (QED) is 0.626. The number of carbonyl (C=O) groups is 2. The number of hydrogen-bond acceptors (Lipinski definition) is 4. The molecule has 0 aliphatic carbocycles. The number of aliphatic carboxylic acids is 1. The maximum Gasteiger partial charge on any atom is 0.353 e. The molecule has 126 valence electrons. The molecular formula is C16H18N3O4S+. The summed E-state index contributed by atoms with van der Waals surface area (Å²) in [5.74, 6) is -1.92. The molecule has 0 aromatic carbocycles. The zero-order valence-corrected chi connectivity index (χ0v) is 14.4. The Kier molecular flexibility index (Phi) is 3.14. The maximum atomic E-state index is 12.3. The van der Waals surface area contributed by atoms with Crippen LogP contribution in [0.1, 0.15) is 24.7 Å². The molecule has 0 spiro atoms. The lowest BCUT2D eigenvalue weighted by molar-refractivity contribution is -0.511. The van der Waals surface area contributed by atoms with Gasteiger partial charge in [0.25, 0.3) is 0 Å². The minimum atomic E-state index is -1.10. The van der Waals surface area contributed by atoms with E-state index in [0.29, 0.717) is 12.0 Å². The van der Waals surface area contributed by atoms with Crippen molar-refractivity contribution in [3.8, 4) is 0 Å². The van der Waals surface area contributed by atoms with Gasteiger partial charge in [-0.2, -0.15) is 4.40 Å². The largest absolute Gasteiger partial charge is 0.477 e. The highest BCUT2D eigenvalue weighted by molar-refractivity contribution is 7.15. The molecule has 2 aliphatic heterocycles. The summed E-state index contributed by atoms with van der Waals surface area (Å²) in [5.41, 5.74) is 2.62. The number of aliphatic hydroxyl groups excluding tert-OH is 1. The van der Waals surface area contributed by atoms with Gasteiger partial charge in [-0.05, 0) is 6.92 Å². The van der Waals surface area contributed by atoms with Gasteiger partial charge in [0.15, 0.2) is 5.69 Å². The minimum absolute atomic E-state index is 0.0515. The summed E-state index contributed by atoms with van der Waals surface area (Å²) in [5, 5.41) is 21.4. The van der Waals surface area contributed by atoms with Gasteiger partial charge in [-0.3, -0.25) is 4.79 Å². The van der Waals surface area contributed by atoms with E-state index in [4.69, 9.17) is 0 Å². The number of nitrogens with zero attached hydrogens (tertiary/aromatic N) is 3.